The van der Waals surface area contributed by atoms with Crippen LogP contribution in [0.1, 0.15) is 31.9 Å². The third-order valence-corrected chi connectivity index (χ3v) is 3.34. The van der Waals surface area contributed by atoms with E-state index in [0.29, 0.717) is 11.5 Å². The maximum atomic E-state index is 13.8. The third-order valence-electron chi connectivity index (χ3n) is 3.34. The van der Waals surface area contributed by atoms with Crippen LogP contribution < -0.4 is 5.32 Å². The Labute approximate surface area is 101 Å². The van der Waals surface area contributed by atoms with Crippen molar-refractivity contribution in [2.45, 2.75) is 32.4 Å². The minimum Gasteiger partial charge on any atom is -0.376 e. The van der Waals surface area contributed by atoms with Crippen LogP contribution in [0.4, 0.5) is 4.39 Å². The van der Waals surface area contributed by atoms with Gasteiger partial charge < -0.3 is 10.1 Å². The summed E-state index contributed by atoms with van der Waals surface area (Å²) in [6.07, 6.45) is 3.98. The van der Waals surface area contributed by atoms with E-state index in [1.54, 1.807) is 12.3 Å². The van der Waals surface area contributed by atoms with E-state index in [2.05, 4.69) is 17.2 Å². The first-order chi connectivity index (χ1) is 8.24. The molecule has 3 unspecified atom stereocenters. The van der Waals surface area contributed by atoms with Gasteiger partial charge in [0.2, 0.25) is 0 Å². The molecule has 0 spiro atoms. The molecular weight excluding hydrogens is 219 g/mol. The lowest BCUT2D eigenvalue weighted by atomic mass is 9.92. The average molecular weight is 238 g/mol. The van der Waals surface area contributed by atoms with E-state index < -0.39 is 0 Å². The fourth-order valence-corrected chi connectivity index (χ4v) is 2.40. The van der Waals surface area contributed by atoms with Gasteiger partial charge >= 0.3 is 0 Å². The van der Waals surface area contributed by atoms with Gasteiger partial charge in [-0.05, 0) is 24.9 Å². The van der Waals surface area contributed by atoms with Gasteiger partial charge in [0.25, 0.3) is 0 Å². The first kappa shape index (κ1) is 12.5. The van der Waals surface area contributed by atoms with E-state index in [0.717, 1.165) is 19.6 Å². The van der Waals surface area contributed by atoms with Gasteiger partial charge in [0.05, 0.1) is 18.3 Å². The molecule has 1 aromatic heterocycles. The van der Waals surface area contributed by atoms with Crippen LogP contribution in [0.3, 0.4) is 0 Å². The predicted octanol–water partition coefficient (Wildman–Crippen LogP) is 2.30. The Morgan fingerprint density at radius 1 is 1.65 bits per heavy atom. The number of hydrogen-bond acceptors (Lipinski definition) is 3. The van der Waals surface area contributed by atoms with Gasteiger partial charge in [-0.3, -0.25) is 4.98 Å². The van der Waals surface area contributed by atoms with Crippen LogP contribution in [0.15, 0.2) is 18.5 Å². The van der Waals surface area contributed by atoms with E-state index in [1.807, 2.05) is 6.92 Å². The van der Waals surface area contributed by atoms with Crippen LogP contribution in [0.25, 0.3) is 0 Å². The van der Waals surface area contributed by atoms with Crippen molar-refractivity contribution in [1.82, 2.24) is 10.3 Å². The second-order valence-electron chi connectivity index (χ2n) is 4.53. The summed E-state index contributed by atoms with van der Waals surface area (Å²) >= 11 is 0. The van der Waals surface area contributed by atoms with Gasteiger partial charge in [-0.2, -0.15) is 0 Å². The summed E-state index contributed by atoms with van der Waals surface area (Å²) in [6.45, 7) is 5.73. The number of rotatable bonds is 4. The summed E-state index contributed by atoms with van der Waals surface area (Å²) in [5.41, 5.74) is 0.653. The monoisotopic (exact) mass is 238 g/mol. The van der Waals surface area contributed by atoms with Crippen LogP contribution in [0.5, 0.6) is 0 Å². The Balaban J connectivity index is 2.25. The van der Waals surface area contributed by atoms with Gasteiger partial charge in [0.15, 0.2) is 0 Å². The number of likely N-dealkylation sites (N-methyl/N-ethyl adjacent to an activating group) is 1. The quantitative estimate of drug-likeness (QED) is 0.874. The lowest BCUT2D eigenvalue weighted by molar-refractivity contribution is 0.0600. The topological polar surface area (TPSA) is 34.2 Å². The lowest BCUT2D eigenvalue weighted by Gasteiger charge is -2.27. The highest BCUT2D eigenvalue weighted by atomic mass is 19.1. The molecule has 94 valence electrons. The standard InChI is InChI=1S/C13H19FN2O/c1-3-16-12(13-9(2)5-7-17-13)10-4-6-15-8-11(10)14/h4,6,8-9,12-13,16H,3,5,7H2,1-2H3. The Morgan fingerprint density at radius 3 is 3.06 bits per heavy atom. The van der Waals surface area contributed by atoms with Crippen molar-refractivity contribution in [1.29, 1.82) is 0 Å². The smallest absolute Gasteiger partial charge is 0.146 e. The van der Waals surface area contributed by atoms with E-state index >= 15 is 0 Å². The number of nitrogens with one attached hydrogen (secondary N) is 1. The second-order valence-corrected chi connectivity index (χ2v) is 4.53. The van der Waals surface area contributed by atoms with Crippen LogP contribution in [0, 0.1) is 11.7 Å². The molecule has 1 aliphatic rings. The number of nitrogens with zero attached hydrogens (tertiary/aromatic N) is 1. The summed E-state index contributed by atoms with van der Waals surface area (Å²) < 4.78 is 19.5. The summed E-state index contributed by atoms with van der Waals surface area (Å²) in [5.74, 6) is 0.188. The molecule has 0 aromatic carbocycles. The molecule has 0 radical (unpaired) electrons. The van der Waals surface area contributed by atoms with E-state index in [-0.39, 0.29) is 18.0 Å². The van der Waals surface area contributed by atoms with Crippen molar-refractivity contribution in [2.75, 3.05) is 13.2 Å². The summed E-state index contributed by atoms with van der Waals surface area (Å²) in [5, 5.41) is 3.32. The average Bonchev–Trinajstić information content (AvgIpc) is 2.74. The number of pyridine rings is 1. The fraction of sp³-hybridized carbons (Fsp3) is 0.615. The predicted molar refractivity (Wildman–Crippen MR) is 64.1 cm³/mol. The molecule has 3 atom stereocenters. The zero-order valence-electron chi connectivity index (χ0n) is 10.3. The first-order valence-corrected chi connectivity index (χ1v) is 6.18. The molecule has 2 heterocycles. The zero-order valence-corrected chi connectivity index (χ0v) is 10.3. The molecule has 1 aliphatic heterocycles. The largest absolute Gasteiger partial charge is 0.376 e. The van der Waals surface area contributed by atoms with Crippen LogP contribution in [0.2, 0.25) is 0 Å². The molecule has 1 aromatic rings. The molecule has 0 saturated carbocycles. The van der Waals surface area contributed by atoms with Crippen LogP contribution >= 0.6 is 0 Å². The second kappa shape index (κ2) is 5.56. The van der Waals surface area contributed by atoms with E-state index in [1.165, 1.54) is 6.20 Å². The maximum Gasteiger partial charge on any atom is 0.146 e. The zero-order chi connectivity index (χ0) is 12.3. The minimum atomic E-state index is -0.263. The van der Waals surface area contributed by atoms with Gasteiger partial charge in [-0.15, -0.1) is 0 Å². The summed E-state index contributed by atoms with van der Waals surface area (Å²) in [6, 6.07) is 1.65. The van der Waals surface area contributed by atoms with Crippen molar-refractivity contribution in [3.63, 3.8) is 0 Å². The van der Waals surface area contributed by atoms with Crippen molar-refractivity contribution < 1.29 is 9.13 Å². The van der Waals surface area contributed by atoms with Gasteiger partial charge in [0, 0.05) is 18.4 Å². The highest BCUT2D eigenvalue weighted by Crippen LogP contribution is 2.32. The van der Waals surface area contributed by atoms with Crippen molar-refractivity contribution in [3.8, 4) is 0 Å². The maximum absolute atomic E-state index is 13.8. The van der Waals surface area contributed by atoms with Gasteiger partial charge in [-0.1, -0.05) is 13.8 Å². The lowest BCUT2D eigenvalue weighted by Crippen LogP contribution is -2.35. The molecule has 1 fully saturated rings. The van der Waals surface area contributed by atoms with Crippen LogP contribution in [-0.2, 0) is 4.74 Å². The fourth-order valence-electron chi connectivity index (χ4n) is 2.40. The summed E-state index contributed by atoms with van der Waals surface area (Å²) in [4.78, 5) is 3.79. The molecule has 17 heavy (non-hydrogen) atoms. The Kier molecular flexibility index (Phi) is 4.07. The number of ether oxygens (including phenoxy) is 1. The number of aromatic nitrogens is 1. The summed E-state index contributed by atoms with van der Waals surface area (Å²) in [7, 11) is 0. The molecule has 1 N–H and O–H groups in total. The molecule has 0 bridgehead atoms. The molecule has 3 nitrogen and oxygen atoms in total. The molecular formula is C13H19FN2O. The molecule has 0 amide bonds. The number of halogens is 1. The minimum absolute atomic E-state index is 0.0480. The van der Waals surface area contributed by atoms with Crippen molar-refractivity contribution in [3.05, 3.63) is 29.8 Å². The molecule has 1 saturated heterocycles. The Hall–Kier alpha value is -1.00. The SMILES string of the molecule is CCNC(c1ccncc1F)C1OCCC1C. The van der Waals surface area contributed by atoms with Gasteiger partial charge in [-0.25, -0.2) is 4.39 Å². The number of hydrogen-bond donors (Lipinski definition) is 1. The van der Waals surface area contributed by atoms with Crippen molar-refractivity contribution in [2.24, 2.45) is 5.92 Å². The highest BCUT2D eigenvalue weighted by Gasteiger charge is 2.33. The van der Waals surface area contributed by atoms with Gasteiger partial charge in [0.1, 0.15) is 5.82 Å². The first-order valence-electron chi connectivity index (χ1n) is 6.18. The third kappa shape index (κ3) is 2.64. The normalized spacial score (nSPS) is 26.1. The molecule has 2 rings (SSSR count). The van der Waals surface area contributed by atoms with Crippen molar-refractivity contribution >= 4 is 0 Å². The van der Waals surface area contributed by atoms with E-state index in [9.17, 15) is 4.39 Å². The molecule has 0 aliphatic carbocycles. The molecule has 4 heteroatoms. The van der Waals surface area contributed by atoms with Crippen LogP contribution in [-0.4, -0.2) is 24.2 Å². The Bertz CT molecular complexity index is 372. The van der Waals surface area contributed by atoms with E-state index in [4.69, 9.17) is 4.74 Å². The Morgan fingerprint density at radius 2 is 2.47 bits per heavy atom. The highest BCUT2D eigenvalue weighted by molar-refractivity contribution is 5.19.